The molecule has 1 rings (SSSR count). The van der Waals surface area contributed by atoms with Crippen molar-refractivity contribution in [3.05, 3.63) is 0 Å². The summed E-state index contributed by atoms with van der Waals surface area (Å²) in [5.41, 5.74) is 5.60. The summed E-state index contributed by atoms with van der Waals surface area (Å²) in [7, 11) is 0. The zero-order valence-corrected chi connectivity index (χ0v) is 5.95. The first-order chi connectivity index (χ1) is 4.63. The molecule has 1 amide bonds. The number of rotatable bonds is 0. The second-order valence-electron chi connectivity index (χ2n) is 2.67. The quantitative estimate of drug-likeness (QED) is 0.506. The summed E-state index contributed by atoms with van der Waals surface area (Å²) in [6.45, 7) is 2.42. The molecule has 1 heterocycles. The van der Waals surface area contributed by atoms with E-state index in [1.54, 1.807) is 0 Å². The van der Waals surface area contributed by atoms with Gasteiger partial charge in [0.15, 0.2) is 0 Å². The van der Waals surface area contributed by atoms with Crippen LogP contribution in [0.3, 0.4) is 0 Å². The number of hydrogen-bond acceptors (Lipinski definition) is 2. The molecule has 0 aromatic rings. The van der Waals surface area contributed by atoms with E-state index in [2.05, 4.69) is 0 Å². The number of carboxylic acid groups (broad SMARTS) is 1. The van der Waals surface area contributed by atoms with Crippen molar-refractivity contribution < 1.29 is 9.90 Å². The van der Waals surface area contributed by atoms with Crippen molar-refractivity contribution >= 4 is 6.09 Å². The molecule has 4 nitrogen and oxygen atoms in total. The van der Waals surface area contributed by atoms with Crippen LogP contribution in [0.5, 0.6) is 0 Å². The lowest BCUT2D eigenvalue weighted by Gasteiger charge is -2.18. The monoisotopic (exact) mass is 144 g/mol. The highest BCUT2D eigenvalue weighted by molar-refractivity contribution is 5.65. The topological polar surface area (TPSA) is 66.6 Å². The molecular formula is C6H12N2O2. The van der Waals surface area contributed by atoms with Gasteiger partial charge in [-0.15, -0.1) is 0 Å². The van der Waals surface area contributed by atoms with Crippen LogP contribution in [0.15, 0.2) is 0 Å². The molecule has 1 saturated heterocycles. The van der Waals surface area contributed by atoms with Crippen LogP contribution in [-0.4, -0.2) is 34.7 Å². The van der Waals surface area contributed by atoms with Gasteiger partial charge < -0.3 is 15.7 Å². The Labute approximate surface area is 59.6 Å². The lowest BCUT2D eigenvalue weighted by atomic mass is 10.2. The molecule has 0 aliphatic carbocycles. The zero-order chi connectivity index (χ0) is 7.72. The molecule has 2 atom stereocenters. The molecule has 0 unspecified atom stereocenters. The Morgan fingerprint density at radius 2 is 2.40 bits per heavy atom. The van der Waals surface area contributed by atoms with Crippen LogP contribution < -0.4 is 5.73 Å². The van der Waals surface area contributed by atoms with Crippen molar-refractivity contribution in [2.24, 2.45) is 5.73 Å². The van der Waals surface area contributed by atoms with Gasteiger partial charge in [0.2, 0.25) is 0 Å². The highest BCUT2D eigenvalue weighted by Crippen LogP contribution is 2.14. The second kappa shape index (κ2) is 2.46. The summed E-state index contributed by atoms with van der Waals surface area (Å²) in [5, 5.41) is 8.57. The van der Waals surface area contributed by atoms with Gasteiger partial charge in [-0.2, -0.15) is 0 Å². The molecule has 4 heteroatoms. The van der Waals surface area contributed by atoms with E-state index in [-0.39, 0.29) is 12.1 Å². The van der Waals surface area contributed by atoms with Gasteiger partial charge in [0, 0.05) is 18.6 Å². The number of nitrogens with zero attached hydrogens (tertiary/aromatic N) is 1. The lowest BCUT2D eigenvalue weighted by molar-refractivity contribution is 0.142. The highest BCUT2D eigenvalue weighted by atomic mass is 16.4. The predicted molar refractivity (Wildman–Crippen MR) is 36.8 cm³/mol. The van der Waals surface area contributed by atoms with Gasteiger partial charge in [0.05, 0.1) is 0 Å². The first-order valence-electron chi connectivity index (χ1n) is 3.38. The van der Waals surface area contributed by atoms with Crippen molar-refractivity contribution in [1.29, 1.82) is 0 Å². The van der Waals surface area contributed by atoms with Crippen molar-refractivity contribution in [3.8, 4) is 0 Å². The van der Waals surface area contributed by atoms with E-state index in [0.29, 0.717) is 6.54 Å². The van der Waals surface area contributed by atoms with Crippen LogP contribution >= 0.6 is 0 Å². The maximum Gasteiger partial charge on any atom is 0.407 e. The molecule has 1 aliphatic rings. The normalized spacial score (nSPS) is 32.8. The van der Waals surface area contributed by atoms with E-state index in [1.807, 2.05) is 6.92 Å². The average Bonchev–Trinajstić information content (AvgIpc) is 2.14. The highest BCUT2D eigenvalue weighted by Gasteiger charge is 2.30. The van der Waals surface area contributed by atoms with Crippen LogP contribution in [-0.2, 0) is 0 Å². The Morgan fingerprint density at radius 3 is 2.60 bits per heavy atom. The Kier molecular flexibility index (Phi) is 1.80. The molecule has 0 bridgehead atoms. The summed E-state index contributed by atoms with van der Waals surface area (Å²) < 4.78 is 0. The third-order valence-electron chi connectivity index (χ3n) is 2.06. The average molecular weight is 144 g/mol. The predicted octanol–water partition coefficient (Wildman–Crippen LogP) is 0.0859. The second-order valence-corrected chi connectivity index (χ2v) is 2.67. The van der Waals surface area contributed by atoms with Crippen molar-refractivity contribution in [1.82, 2.24) is 4.90 Å². The Bertz CT molecular complexity index is 149. The maximum absolute atomic E-state index is 10.4. The minimum atomic E-state index is -0.861. The number of hydrogen-bond donors (Lipinski definition) is 2. The number of carbonyl (C=O) groups is 1. The molecule has 0 saturated carbocycles. The molecule has 1 aliphatic heterocycles. The van der Waals surface area contributed by atoms with E-state index in [0.717, 1.165) is 6.42 Å². The van der Waals surface area contributed by atoms with E-state index in [4.69, 9.17) is 10.8 Å². The third kappa shape index (κ3) is 1.07. The van der Waals surface area contributed by atoms with Crippen LogP contribution in [0.2, 0.25) is 0 Å². The third-order valence-corrected chi connectivity index (χ3v) is 2.06. The number of nitrogens with two attached hydrogens (primary N) is 1. The molecule has 0 spiro atoms. The summed E-state index contributed by atoms with van der Waals surface area (Å²) in [4.78, 5) is 11.8. The van der Waals surface area contributed by atoms with E-state index >= 15 is 0 Å². The Morgan fingerprint density at radius 1 is 1.80 bits per heavy atom. The SMILES string of the molecule is C[C@@H]1[C@H](N)CCN1C(=O)O. The van der Waals surface area contributed by atoms with Crippen molar-refractivity contribution in [3.63, 3.8) is 0 Å². The largest absolute Gasteiger partial charge is 0.465 e. The molecule has 10 heavy (non-hydrogen) atoms. The lowest BCUT2D eigenvalue weighted by Crippen LogP contribution is -2.39. The molecule has 58 valence electrons. The minimum absolute atomic E-state index is 0.0162. The van der Waals surface area contributed by atoms with Crippen molar-refractivity contribution in [2.45, 2.75) is 25.4 Å². The van der Waals surface area contributed by atoms with Gasteiger partial charge in [0.25, 0.3) is 0 Å². The molecule has 1 fully saturated rings. The van der Waals surface area contributed by atoms with Crippen molar-refractivity contribution in [2.75, 3.05) is 6.54 Å². The van der Waals surface area contributed by atoms with Gasteiger partial charge in [-0.1, -0.05) is 0 Å². The fraction of sp³-hybridized carbons (Fsp3) is 0.833. The van der Waals surface area contributed by atoms with E-state index in [1.165, 1.54) is 4.90 Å². The van der Waals surface area contributed by atoms with Gasteiger partial charge in [0.1, 0.15) is 0 Å². The van der Waals surface area contributed by atoms with Crippen LogP contribution in [0.1, 0.15) is 13.3 Å². The summed E-state index contributed by atoms with van der Waals surface area (Å²) in [6.07, 6.45) is -0.0755. The molecule has 0 aromatic heterocycles. The standard InChI is InChI=1S/C6H12N2O2/c1-4-5(7)2-3-8(4)6(9)10/h4-5H,2-3,7H2,1H3,(H,9,10)/t4-,5-/m1/s1. The number of amides is 1. The van der Waals surface area contributed by atoms with Crippen LogP contribution in [0.4, 0.5) is 4.79 Å². The van der Waals surface area contributed by atoms with Crippen LogP contribution in [0.25, 0.3) is 0 Å². The van der Waals surface area contributed by atoms with Crippen LogP contribution in [0, 0.1) is 0 Å². The first-order valence-corrected chi connectivity index (χ1v) is 3.38. The van der Waals surface area contributed by atoms with Gasteiger partial charge >= 0.3 is 6.09 Å². The van der Waals surface area contributed by atoms with Gasteiger partial charge in [-0.25, -0.2) is 4.79 Å². The Hall–Kier alpha value is -0.770. The maximum atomic E-state index is 10.4. The smallest absolute Gasteiger partial charge is 0.407 e. The summed E-state index contributed by atoms with van der Waals surface area (Å²) >= 11 is 0. The molecule has 0 aromatic carbocycles. The fourth-order valence-corrected chi connectivity index (χ4v) is 1.23. The fourth-order valence-electron chi connectivity index (χ4n) is 1.23. The Balaban J connectivity index is 2.57. The number of likely N-dealkylation sites (tertiary alicyclic amines) is 1. The van der Waals surface area contributed by atoms with Gasteiger partial charge in [-0.3, -0.25) is 0 Å². The van der Waals surface area contributed by atoms with E-state index in [9.17, 15) is 4.79 Å². The summed E-state index contributed by atoms with van der Waals surface area (Å²) in [5.74, 6) is 0. The zero-order valence-electron chi connectivity index (χ0n) is 5.95. The minimum Gasteiger partial charge on any atom is -0.465 e. The molecule has 0 radical (unpaired) electrons. The van der Waals surface area contributed by atoms with Gasteiger partial charge in [-0.05, 0) is 13.3 Å². The first kappa shape index (κ1) is 7.34. The molecule has 3 N–H and O–H groups in total. The molecular weight excluding hydrogens is 132 g/mol. The summed E-state index contributed by atoms with van der Waals surface area (Å²) in [6, 6.07) is 0.00796. The van der Waals surface area contributed by atoms with E-state index < -0.39 is 6.09 Å².